The molecule has 6 heteroatoms. The minimum atomic E-state index is 0.0579. The molecule has 1 aromatic carbocycles. The van der Waals surface area contributed by atoms with E-state index >= 15 is 0 Å². The van der Waals surface area contributed by atoms with Crippen molar-refractivity contribution in [2.45, 2.75) is 6.92 Å². The Balaban J connectivity index is 2.44. The molecule has 0 atom stereocenters. The van der Waals surface area contributed by atoms with E-state index in [0.29, 0.717) is 11.4 Å². The standard InChI is InChI=1S/C13H15N5O/c1-9-7-8-12(16-15-9)18(2)11-6-4-3-5-10(11)13(14)17-19/h3-8,19H,1-2H3,(H2,14,17). The molecular weight excluding hydrogens is 242 g/mol. The normalized spacial score (nSPS) is 11.4. The fraction of sp³-hybridized carbons (Fsp3) is 0.154. The van der Waals surface area contributed by atoms with Crippen LogP contribution in [0.5, 0.6) is 0 Å². The van der Waals surface area contributed by atoms with Crippen molar-refractivity contribution in [3.63, 3.8) is 0 Å². The van der Waals surface area contributed by atoms with Gasteiger partial charge < -0.3 is 15.8 Å². The van der Waals surface area contributed by atoms with Crippen molar-refractivity contribution in [3.8, 4) is 0 Å². The number of nitrogens with two attached hydrogens (primary N) is 1. The summed E-state index contributed by atoms with van der Waals surface area (Å²) in [5.74, 6) is 0.742. The predicted molar refractivity (Wildman–Crippen MR) is 73.8 cm³/mol. The minimum Gasteiger partial charge on any atom is -0.409 e. The maximum absolute atomic E-state index is 8.82. The molecule has 0 radical (unpaired) electrons. The van der Waals surface area contributed by atoms with Crippen molar-refractivity contribution < 1.29 is 5.21 Å². The number of rotatable bonds is 3. The SMILES string of the molecule is Cc1ccc(N(C)c2ccccc2C(N)=NO)nn1. The molecule has 0 aliphatic carbocycles. The number of anilines is 2. The number of aryl methyl sites for hydroxylation is 1. The molecule has 0 amide bonds. The summed E-state index contributed by atoms with van der Waals surface area (Å²) in [6.45, 7) is 1.88. The van der Waals surface area contributed by atoms with E-state index in [2.05, 4.69) is 15.4 Å². The number of hydrogen-bond acceptors (Lipinski definition) is 5. The second kappa shape index (κ2) is 5.34. The Labute approximate surface area is 111 Å². The van der Waals surface area contributed by atoms with Gasteiger partial charge in [-0.1, -0.05) is 17.3 Å². The summed E-state index contributed by atoms with van der Waals surface area (Å²) >= 11 is 0. The third kappa shape index (κ3) is 2.62. The molecule has 0 bridgehead atoms. The van der Waals surface area contributed by atoms with Gasteiger partial charge in [-0.25, -0.2) is 0 Å². The largest absolute Gasteiger partial charge is 0.409 e. The minimum absolute atomic E-state index is 0.0579. The zero-order valence-electron chi connectivity index (χ0n) is 10.8. The molecule has 0 saturated carbocycles. The lowest BCUT2D eigenvalue weighted by atomic mass is 10.1. The number of aromatic nitrogens is 2. The van der Waals surface area contributed by atoms with Crippen LogP contribution in [0.25, 0.3) is 0 Å². The van der Waals surface area contributed by atoms with Crippen LogP contribution in [0.1, 0.15) is 11.3 Å². The molecule has 0 aliphatic heterocycles. The molecule has 2 aromatic rings. The Hall–Kier alpha value is -2.63. The van der Waals surface area contributed by atoms with Gasteiger partial charge in [0.2, 0.25) is 0 Å². The van der Waals surface area contributed by atoms with Crippen molar-refractivity contribution in [2.24, 2.45) is 10.9 Å². The first-order chi connectivity index (χ1) is 9.13. The van der Waals surface area contributed by atoms with Crippen LogP contribution in [0, 0.1) is 6.92 Å². The fourth-order valence-corrected chi connectivity index (χ4v) is 1.73. The predicted octanol–water partition coefficient (Wildman–Crippen LogP) is 1.65. The zero-order chi connectivity index (χ0) is 13.8. The van der Waals surface area contributed by atoms with Gasteiger partial charge >= 0.3 is 0 Å². The van der Waals surface area contributed by atoms with Crippen molar-refractivity contribution in [2.75, 3.05) is 11.9 Å². The van der Waals surface area contributed by atoms with Crippen LogP contribution in [-0.2, 0) is 0 Å². The average Bonchev–Trinajstić information content (AvgIpc) is 2.46. The molecule has 1 heterocycles. The Morgan fingerprint density at radius 2 is 1.95 bits per heavy atom. The summed E-state index contributed by atoms with van der Waals surface area (Å²) in [6.07, 6.45) is 0. The first-order valence-corrected chi connectivity index (χ1v) is 5.74. The lowest BCUT2D eigenvalue weighted by Crippen LogP contribution is -2.20. The lowest BCUT2D eigenvalue weighted by molar-refractivity contribution is 0.318. The van der Waals surface area contributed by atoms with E-state index in [4.69, 9.17) is 10.9 Å². The third-order valence-electron chi connectivity index (χ3n) is 2.78. The lowest BCUT2D eigenvalue weighted by Gasteiger charge is -2.20. The van der Waals surface area contributed by atoms with E-state index in [0.717, 1.165) is 11.4 Å². The van der Waals surface area contributed by atoms with Gasteiger partial charge in [0, 0.05) is 12.6 Å². The van der Waals surface area contributed by atoms with E-state index in [-0.39, 0.29) is 5.84 Å². The van der Waals surface area contributed by atoms with Gasteiger partial charge in [-0.15, -0.1) is 5.10 Å². The highest BCUT2D eigenvalue weighted by atomic mass is 16.4. The quantitative estimate of drug-likeness (QED) is 0.378. The third-order valence-corrected chi connectivity index (χ3v) is 2.78. The number of para-hydroxylation sites is 1. The molecule has 0 aliphatic rings. The van der Waals surface area contributed by atoms with E-state index in [1.54, 1.807) is 6.07 Å². The summed E-state index contributed by atoms with van der Waals surface area (Å²) < 4.78 is 0. The van der Waals surface area contributed by atoms with Gasteiger partial charge in [0.1, 0.15) is 0 Å². The summed E-state index contributed by atoms with van der Waals surface area (Å²) in [4.78, 5) is 1.83. The molecule has 0 unspecified atom stereocenters. The highest BCUT2D eigenvalue weighted by Crippen LogP contribution is 2.24. The molecule has 2 rings (SSSR count). The van der Waals surface area contributed by atoms with E-state index < -0.39 is 0 Å². The molecule has 0 spiro atoms. The number of hydrogen-bond donors (Lipinski definition) is 2. The Morgan fingerprint density at radius 1 is 1.21 bits per heavy atom. The van der Waals surface area contributed by atoms with E-state index in [1.807, 2.05) is 49.2 Å². The maximum Gasteiger partial charge on any atom is 0.172 e. The van der Waals surface area contributed by atoms with Gasteiger partial charge in [-0.3, -0.25) is 0 Å². The zero-order valence-corrected chi connectivity index (χ0v) is 10.8. The summed E-state index contributed by atoms with van der Waals surface area (Å²) in [6, 6.07) is 11.1. The number of benzene rings is 1. The second-order valence-electron chi connectivity index (χ2n) is 4.09. The molecule has 1 aromatic heterocycles. The number of amidine groups is 1. The van der Waals surface area contributed by atoms with Gasteiger partial charge in [-0.2, -0.15) is 5.10 Å². The van der Waals surface area contributed by atoms with Crippen molar-refractivity contribution >= 4 is 17.3 Å². The highest BCUT2D eigenvalue weighted by molar-refractivity contribution is 6.02. The summed E-state index contributed by atoms with van der Waals surface area (Å²) in [5, 5.41) is 20.0. The van der Waals surface area contributed by atoms with Crippen LogP contribution in [0.4, 0.5) is 11.5 Å². The van der Waals surface area contributed by atoms with Crippen molar-refractivity contribution in [3.05, 3.63) is 47.7 Å². The Morgan fingerprint density at radius 3 is 2.58 bits per heavy atom. The van der Waals surface area contributed by atoms with Crippen LogP contribution in [0.15, 0.2) is 41.6 Å². The van der Waals surface area contributed by atoms with Gasteiger partial charge in [0.25, 0.3) is 0 Å². The molecule has 19 heavy (non-hydrogen) atoms. The van der Waals surface area contributed by atoms with Gasteiger partial charge in [-0.05, 0) is 31.2 Å². The first kappa shape index (κ1) is 12.8. The van der Waals surface area contributed by atoms with Gasteiger partial charge in [0.05, 0.1) is 11.4 Å². The van der Waals surface area contributed by atoms with Crippen molar-refractivity contribution in [1.82, 2.24) is 10.2 Å². The van der Waals surface area contributed by atoms with Crippen LogP contribution < -0.4 is 10.6 Å². The molecule has 0 fully saturated rings. The number of nitrogens with zero attached hydrogens (tertiary/aromatic N) is 4. The smallest absolute Gasteiger partial charge is 0.172 e. The average molecular weight is 257 g/mol. The topological polar surface area (TPSA) is 87.6 Å². The Kier molecular flexibility index (Phi) is 3.61. The maximum atomic E-state index is 8.82. The van der Waals surface area contributed by atoms with Crippen molar-refractivity contribution in [1.29, 1.82) is 0 Å². The first-order valence-electron chi connectivity index (χ1n) is 5.74. The number of oxime groups is 1. The fourth-order valence-electron chi connectivity index (χ4n) is 1.73. The van der Waals surface area contributed by atoms with Crippen LogP contribution in [0.3, 0.4) is 0 Å². The van der Waals surface area contributed by atoms with E-state index in [1.165, 1.54) is 0 Å². The summed E-state index contributed by atoms with van der Waals surface area (Å²) in [5.41, 5.74) is 7.94. The van der Waals surface area contributed by atoms with Crippen LogP contribution >= 0.6 is 0 Å². The molecular formula is C13H15N5O. The van der Waals surface area contributed by atoms with E-state index in [9.17, 15) is 0 Å². The molecule has 0 saturated heterocycles. The van der Waals surface area contributed by atoms with Gasteiger partial charge in [0.15, 0.2) is 11.7 Å². The molecule has 3 N–H and O–H groups in total. The second-order valence-corrected chi connectivity index (χ2v) is 4.09. The molecule has 6 nitrogen and oxygen atoms in total. The highest BCUT2D eigenvalue weighted by Gasteiger charge is 2.12. The monoisotopic (exact) mass is 257 g/mol. The van der Waals surface area contributed by atoms with Crippen LogP contribution in [0.2, 0.25) is 0 Å². The van der Waals surface area contributed by atoms with Crippen LogP contribution in [-0.4, -0.2) is 28.3 Å². The summed E-state index contributed by atoms with van der Waals surface area (Å²) in [7, 11) is 1.85. The molecule has 98 valence electrons. The Bertz CT molecular complexity index is 594.